The minimum atomic E-state index is -0.342. The van der Waals surface area contributed by atoms with Gasteiger partial charge in [0.05, 0.1) is 6.10 Å². The summed E-state index contributed by atoms with van der Waals surface area (Å²) in [6.45, 7) is 4.93. The van der Waals surface area contributed by atoms with Crippen LogP contribution in [-0.2, 0) is 12.8 Å². The van der Waals surface area contributed by atoms with Crippen molar-refractivity contribution in [3.63, 3.8) is 0 Å². The Hall–Kier alpha value is -0.900. The van der Waals surface area contributed by atoms with Crippen LogP contribution in [0.4, 0.5) is 0 Å². The predicted molar refractivity (Wildman–Crippen MR) is 77.4 cm³/mol. The standard InChI is InChI=1S/C16H24N2O/c19-16(12-18-9-7-17-8-10-18)15-6-5-13-3-1-2-4-14(13)11-15/h5-6,11,16-17,19H,1-4,7-10,12H2. The maximum Gasteiger partial charge on any atom is 0.0917 e. The van der Waals surface area contributed by atoms with Crippen LogP contribution in [0.3, 0.4) is 0 Å². The summed E-state index contributed by atoms with van der Waals surface area (Å²) in [6.07, 6.45) is 4.66. The van der Waals surface area contributed by atoms with Crippen LogP contribution in [0.5, 0.6) is 0 Å². The molecule has 19 heavy (non-hydrogen) atoms. The van der Waals surface area contributed by atoms with Gasteiger partial charge in [-0.05, 0) is 42.4 Å². The molecule has 0 amide bonds. The molecule has 1 fully saturated rings. The highest BCUT2D eigenvalue weighted by Gasteiger charge is 2.17. The molecule has 0 radical (unpaired) electrons. The Morgan fingerprint density at radius 2 is 1.84 bits per heavy atom. The summed E-state index contributed by atoms with van der Waals surface area (Å²) in [5, 5.41) is 13.8. The summed E-state index contributed by atoms with van der Waals surface area (Å²) < 4.78 is 0. The molecular weight excluding hydrogens is 236 g/mol. The van der Waals surface area contributed by atoms with E-state index in [1.807, 2.05) is 0 Å². The highest BCUT2D eigenvalue weighted by molar-refractivity contribution is 5.34. The first-order valence-corrected chi connectivity index (χ1v) is 7.56. The van der Waals surface area contributed by atoms with E-state index >= 15 is 0 Å². The van der Waals surface area contributed by atoms with E-state index in [9.17, 15) is 5.11 Å². The second-order valence-electron chi connectivity index (χ2n) is 5.80. The summed E-state index contributed by atoms with van der Waals surface area (Å²) >= 11 is 0. The minimum Gasteiger partial charge on any atom is -0.387 e. The normalized spacial score (nSPS) is 21.9. The summed E-state index contributed by atoms with van der Waals surface area (Å²) in [5.41, 5.74) is 4.05. The van der Waals surface area contributed by atoms with E-state index in [2.05, 4.69) is 28.4 Å². The van der Waals surface area contributed by atoms with Gasteiger partial charge >= 0.3 is 0 Å². The molecule has 3 heteroatoms. The molecule has 2 aliphatic rings. The maximum absolute atomic E-state index is 10.4. The summed E-state index contributed by atoms with van der Waals surface area (Å²) in [7, 11) is 0. The van der Waals surface area contributed by atoms with Crippen LogP contribution >= 0.6 is 0 Å². The van der Waals surface area contributed by atoms with Gasteiger partial charge in [0.1, 0.15) is 0 Å². The minimum absolute atomic E-state index is 0.342. The van der Waals surface area contributed by atoms with E-state index in [1.165, 1.54) is 36.8 Å². The predicted octanol–water partition coefficient (Wildman–Crippen LogP) is 1.50. The third-order valence-electron chi connectivity index (χ3n) is 4.40. The second kappa shape index (κ2) is 6.04. The zero-order chi connectivity index (χ0) is 13.1. The van der Waals surface area contributed by atoms with Crippen molar-refractivity contribution < 1.29 is 5.11 Å². The van der Waals surface area contributed by atoms with Crippen LogP contribution in [0, 0.1) is 0 Å². The molecule has 0 aromatic heterocycles. The lowest BCUT2D eigenvalue weighted by Gasteiger charge is -2.29. The number of fused-ring (bicyclic) bond motifs is 1. The van der Waals surface area contributed by atoms with E-state index in [0.717, 1.165) is 38.3 Å². The number of β-amino-alcohol motifs (C(OH)–C–C–N with tert-alkyl or cyclic N) is 1. The number of hydrogen-bond donors (Lipinski definition) is 2. The van der Waals surface area contributed by atoms with Crippen LogP contribution in [0.1, 0.15) is 35.6 Å². The van der Waals surface area contributed by atoms with Crippen LogP contribution in [-0.4, -0.2) is 42.7 Å². The van der Waals surface area contributed by atoms with E-state index in [0.29, 0.717) is 0 Å². The van der Waals surface area contributed by atoms with Gasteiger partial charge in [0.2, 0.25) is 0 Å². The first kappa shape index (κ1) is 13.1. The molecule has 1 aliphatic heterocycles. The zero-order valence-electron chi connectivity index (χ0n) is 11.6. The molecule has 1 aromatic rings. The molecule has 3 nitrogen and oxygen atoms in total. The average Bonchev–Trinajstić information content (AvgIpc) is 2.48. The molecule has 1 aliphatic carbocycles. The Bertz CT molecular complexity index is 427. The maximum atomic E-state index is 10.4. The van der Waals surface area contributed by atoms with E-state index < -0.39 is 0 Å². The first-order valence-electron chi connectivity index (χ1n) is 7.56. The van der Waals surface area contributed by atoms with E-state index in [-0.39, 0.29) is 6.10 Å². The Kier molecular flexibility index (Phi) is 4.16. The first-order chi connectivity index (χ1) is 9.33. The van der Waals surface area contributed by atoms with Gasteiger partial charge in [-0.3, -0.25) is 4.90 Å². The number of aliphatic hydroxyl groups is 1. The van der Waals surface area contributed by atoms with Crippen molar-refractivity contribution in [2.24, 2.45) is 0 Å². The molecule has 1 heterocycles. The number of nitrogens with one attached hydrogen (secondary N) is 1. The molecule has 0 saturated carbocycles. The van der Waals surface area contributed by atoms with Crippen LogP contribution in [0.2, 0.25) is 0 Å². The number of aryl methyl sites for hydroxylation is 2. The lowest BCUT2D eigenvalue weighted by Crippen LogP contribution is -2.44. The fourth-order valence-electron chi connectivity index (χ4n) is 3.20. The molecule has 104 valence electrons. The number of hydrogen-bond acceptors (Lipinski definition) is 3. The van der Waals surface area contributed by atoms with Crippen molar-refractivity contribution in [1.82, 2.24) is 10.2 Å². The number of rotatable bonds is 3. The Morgan fingerprint density at radius 3 is 2.63 bits per heavy atom. The lowest BCUT2D eigenvalue weighted by atomic mass is 9.89. The van der Waals surface area contributed by atoms with Crippen LogP contribution in [0.25, 0.3) is 0 Å². The van der Waals surface area contributed by atoms with Gasteiger partial charge < -0.3 is 10.4 Å². The van der Waals surface area contributed by atoms with Crippen LogP contribution in [0.15, 0.2) is 18.2 Å². The monoisotopic (exact) mass is 260 g/mol. The summed E-state index contributed by atoms with van der Waals surface area (Å²) in [4.78, 5) is 2.35. The zero-order valence-corrected chi connectivity index (χ0v) is 11.6. The Labute approximate surface area is 115 Å². The molecule has 3 rings (SSSR count). The van der Waals surface area contributed by atoms with Gasteiger partial charge in [0.15, 0.2) is 0 Å². The SMILES string of the molecule is OC(CN1CCNCC1)c1ccc2c(c1)CCCC2. The highest BCUT2D eigenvalue weighted by Crippen LogP contribution is 2.25. The Morgan fingerprint density at radius 1 is 1.11 bits per heavy atom. The van der Waals surface area contributed by atoms with Crippen molar-refractivity contribution >= 4 is 0 Å². The third kappa shape index (κ3) is 3.16. The molecule has 1 saturated heterocycles. The van der Waals surface area contributed by atoms with Crippen LogP contribution < -0.4 is 5.32 Å². The number of nitrogens with zero attached hydrogens (tertiary/aromatic N) is 1. The second-order valence-corrected chi connectivity index (χ2v) is 5.80. The van der Waals surface area contributed by atoms with Crippen molar-refractivity contribution in [3.8, 4) is 0 Å². The number of piperazine rings is 1. The molecule has 0 bridgehead atoms. The Balaban J connectivity index is 1.67. The lowest BCUT2D eigenvalue weighted by molar-refractivity contribution is 0.105. The largest absolute Gasteiger partial charge is 0.387 e. The van der Waals surface area contributed by atoms with Gasteiger partial charge in [-0.2, -0.15) is 0 Å². The summed E-state index contributed by atoms with van der Waals surface area (Å²) in [5.74, 6) is 0. The fourth-order valence-corrected chi connectivity index (χ4v) is 3.20. The average molecular weight is 260 g/mol. The molecule has 0 spiro atoms. The smallest absolute Gasteiger partial charge is 0.0917 e. The molecule has 1 aromatic carbocycles. The molecular formula is C16H24N2O. The summed E-state index contributed by atoms with van der Waals surface area (Å²) in [6, 6.07) is 6.59. The number of aliphatic hydroxyl groups excluding tert-OH is 1. The van der Waals surface area contributed by atoms with Crippen molar-refractivity contribution in [2.75, 3.05) is 32.7 Å². The van der Waals surface area contributed by atoms with Gasteiger partial charge in [0.25, 0.3) is 0 Å². The van der Waals surface area contributed by atoms with E-state index in [4.69, 9.17) is 0 Å². The fraction of sp³-hybridized carbons (Fsp3) is 0.625. The van der Waals surface area contributed by atoms with Gasteiger partial charge in [-0.15, -0.1) is 0 Å². The van der Waals surface area contributed by atoms with Gasteiger partial charge in [0, 0.05) is 32.7 Å². The van der Waals surface area contributed by atoms with Crippen molar-refractivity contribution in [1.29, 1.82) is 0 Å². The molecule has 2 N–H and O–H groups in total. The van der Waals surface area contributed by atoms with Gasteiger partial charge in [-0.1, -0.05) is 18.2 Å². The van der Waals surface area contributed by atoms with Crippen molar-refractivity contribution in [3.05, 3.63) is 34.9 Å². The molecule has 1 atom stereocenters. The van der Waals surface area contributed by atoms with E-state index in [1.54, 1.807) is 0 Å². The van der Waals surface area contributed by atoms with Crippen molar-refractivity contribution in [2.45, 2.75) is 31.8 Å². The topological polar surface area (TPSA) is 35.5 Å². The quantitative estimate of drug-likeness (QED) is 0.864. The number of benzene rings is 1. The van der Waals surface area contributed by atoms with Gasteiger partial charge in [-0.25, -0.2) is 0 Å². The molecule has 1 unspecified atom stereocenters. The third-order valence-corrected chi connectivity index (χ3v) is 4.40. The highest BCUT2D eigenvalue weighted by atomic mass is 16.3.